The Bertz CT molecular complexity index is 871. The topological polar surface area (TPSA) is 75.4 Å². The maximum Gasteiger partial charge on any atom is 0.255 e. The Balaban J connectivity index is 1.42. The van der Waals surface area contributed by atoms with Gasteiger partial charge in [-0.15, -0.1) is 0 Å². The highest BCUT2D eigenvalue weighted by atomic mass is 16.3. The average molecular weight is 337 g/mol. The Morgan fingerprint density at radius 3 is 2.76 bits per heavy atom. The Hall–Kier alpha value is -2.96. The molecule has 0 aromatic carbocycles. The van der Waals surface area contributed by atoms with Crippen molar-refractivity contribution in [3.8, 4) is 0 Å². The predicted molar refractivity (Wildman–Crippen MR) is 93.4 cm³/mol. The zero-order chi connectivity index (χ0) is 17.2. The van der Waals surface area contributed by atoms with E-state index >= 15 is 0 Å². The largest absolute Gasteiger partial charge is 0.463 e. The molecule has 0 aliphatic carbocycles. The van der Waals surface area contributed by atoms with Crippen LogP contribution in [0.4, 0.5) is 5.95 Å². The van der Waals surface area contributed by atoms with Gasteiger partial charge in [0.15, 0.2) is 5.58 Å². The fourth-order valence-electron chi connectivity index (χ4n) is 3.24. The number of hydrogen-bond acceptors (Lipinski definition) is 6. The van der Waals surface area contributed by atoms with E-state index in [4.69, 9.17) is 4.42 Å². The molecule has 0 radical (unpaired) electrons. The molecule has 1 aliphatic rings. The summed E-state index contributed by atoms with van der Waals surface area (Å²) in [6.07, 6.45) is 8.47. The number of pyridine rings is 1. The number of fused-ring (bicyclic) bond motifs is 1. The number of carbonyl (C=O) groups excluding carboxylic acids is 1. The van der Waals surface area contributed by atoms with E-state index < -0.39 is 0 Å². The molecule has 4 heterocycles. The van der Waals surface area contributed by atoms with Gasteiger partial charge in [0.25, 0.3) is 5.91 Å². The number of amides is 1. The molecule has 25 heavy (non-hydrogen) atoms. The number of aromatic nitrogens is 3. The lowest BCUT2D eigenvalue weighted by atomic mass is 10.0. The second-order valence-corrected chi connectivity index (χ2v) is 6.21. The predicted octanol–water partition coefficient (Wildman–Crippen LogP) is 2.36. The maximum atomic E-state index is 12.8. The van der Waals surface area contributed by atoms with Gasteiger partial charge in [-0.3, -0.25) is 9.78 Å². The van der Waals surface area contributed by atoms with Crippen LogP contribution in [0.2, 0.25) is 0 Å². The standard InChI is InChI=1S/C18H19N5O2/c1-22(17(24)13-11-16-15(21-12-13)5-10-25-16)14-3-8-23(9-4-14)18-19-6-2-7-20-18/h2,5-7,10-12,14H,3-4,8-9H2,1H3. The molecule has 0 spiro atoms. The molecular weight excluding hydrogens is 318 g/mol. The molecule has 0 bridgehead atoms. The summed E-state index contributed by atoms with van der Waals surface area (Å²) in [5, 5.41) is 0. The van der Waals surface area contributed by atoms with Gasteiger partial charge in [-0.2, -0.15) is 0 Å². The van der Waals surface area contributed by atoms with Crippen LogP contribution in [0.5, 0.6) is 0 Å². The van der Waals surface area contributed by atoms with Gasteiger partial charge >= 0.3 is 0 Å². The number of anilines is 1. The SMILES string of the molecule is CN(C(=O)c1cnc2ccoc2c1)C1CCN(c2ncccn2)CC1. The average Bonchev–Trinajstić information content (AvgIpc) is 3.15. The van der Waals surface area contributed by atoms with Crippen LogP contribution in [-0.2, 0) is 0 Å². The first-order chi connectivity index (χ1) is 12.2. The molecule has 1 aliphatic heterocycles. The molecule has 7 heteroatoms. The van der Waals surface area contributed by atoms with E-state index in [9.17, 15) is 4.79 Å². The first-order valence-electron chi connectivity index (χ1n) is 8.35. The summed E-state index contributed by atoms with van der Waals surface area (Å²) in [4.78, 5) is 29.6. The fourth-order valence-corrected chi connectivity index (χ4v) is 3.24. The summed E-state index contributed by atoms with van der Waals surface area (Å²) in [5.74, 6) is 0.725. The van der Waals surface area contributed by atoms with Crippen molar-refractivity contribution in [3.63, 3.8) is 0 Å². The van der Waals surface area contributed by atoms with Crippen molar-refractivity contribution in [3.05, 3.63) is 48.6 Å². The first kappa shape index (κ1) is 15.6. The lowest BCUT2D eigenvalue weighted by molar-refractivity contribution is 0.0708. The smallest absolute Gasteiger partial charge is 0.255 e. The van der Waals surface area contributed by atoms with Crippen molar-refractivity contribution < 1.29 is 9.21 Å². The quantitative estimate of drug-likeness (QED) is 0.730. The summed E-state index contributed by atoms with van der Waals surface area (Å²) < 4.78 is 5.34. The van der Waals surface area contributed by atoms with Gasteiger partial charge in [0.05, 0.1) is 11.8 Å². The monoisotopic (exact) mass is 337 g/mol. The minimum Gasteiger partial charge on any atom is -0.463 e. The molecular formula is C18H19N5O2. The second kappa shape index (κ2) is 6.51. The van der Waals surface area contributed by atoms with Crippen LogP contribution in [0.3, 0.4) is 0 Å². The van der Waals surface area contributed by atoms with Crippen molar-refractivity contribution in [2.24, 2.45) is 0 Å². The van der Waals surface area contributed by atoms with E-state index in [1.54, 1.807) is 37.0 Å². The molecule has 1 saturated heterocycles. The number of carbonyl (C=O) groups is 1. The molecule has 0 unspecified atom stereocenters. The molecule has 3 aromatic heterocycles. The number of hydrogen-bond donors (Lipinski definition) is 0. The van der Waals surface area contributed by atoms with E-state index in [0.717, 1.165) is 37.4 Å². The van der Waals surface area contributed by atoms with Crippen LogP contribution in [0, 0.1) is 0 Å². The van der Waals surface area contributed by atoms with Crippen molar-refractivity contribution in [2.45, 2.75) is 18.9 Å². The third kappa shape index (κ3) is 3.05. The van der Waals surface area contributed by atoms with Crippen LogP contribution in [0.15, 0.2) is 47.5 Å². The Morgan fingerprint density at radius 1 is 1.24 bits per heavy atom. The van der Waals surface area contributed by atoms with Crippen LogP contribution in [0.1, 0.15) is 23.2 Å². The maximum absolute atomic E-state index is 12.8. The van der Waals surface area contributed by atoms with Crippen molar-refractivity contribution in [1.82, 2.24) is 19.9 Å². The van der Waals surface area contributed by atoms with Crippen LogP contribution < -0.4 is 4.90 Å². The molecule has 0 atom stereocenters. The first-order valence-corrected chi connectivity index (χ1v) is 8.35. The summed E-state index contributed by atoms with van der Waals surface area (Å²) in [7, 11) is 1.86. The van der Waals surface area contributed by atoms with Crippen molar-refractivity contribution in [2.75, 3.05) is 25.0 Å². The zero-order valence-electron chi connectivity index (χ0n) is 14.0. The molecule has 128 valence electrons. The Morgan fingerprint density at radius 2 is 2.00 bits per heavy atom. The van der Waals surface area contributed by atoms with Gasteiger partial charge < -0.3 is 14.2 Å². The van der Waals surface area contributed by atoms with Crippen LogP contribution >= 0.6 is 0 Å². The van der Waals surface area contributed by atoms with Crippen LogP contribution in [-0.4, -0.2) is 51.9 Å². The highest BCUT2D eigenvalue weighted by Gasteiger charge is 2.27. The number of rotatable bonds is 3. The molecule has 7 nitrogen and oxygen atoms in total. The third-order valence-electron chi connectivity index (χ3n) is 4.72. The zero-order valence-corrected chi connectivity index (χ0v) is 14.0. The normalized spacial score (nSPS) is 15.5. The lowest BCUT2D eigenvalue weighted by Crippen LogP contribution is -2.46. The Kier molecular flexibility index (Phi) is 4.05. The second-order valence-electron chi connectivity index (χ2n) is 6.21. The minimum absolute atomic E-state index is 0.0276. The number of nitrogens with zero attached hydrogens (tertiary/aromatic N) is 5. The molecule has 1 fully saturated rings. The van der Waals surface area contributed by atoms with E-state index in [0.29, 0.717) is 11.1 Å². The summed E-state index contributed by atoms with van der Waals surface area (Å²) in [6.45, 7) is 1.67. The summed E-state index contributed by atoms with van der Waals surface area (Å²) in [6, 6.07) is 5.55. The fraction of sp³-hybridized carbons (Fsp3) is 0.333. The van der Waals surface area contributed by atoms with E-state index in [-0.39, 0.29) is 11.9 Å². The number of piperidine rings is 1. The Labute approximate surface area is 145 Å². The molecule has 0 saturated carbocycles. The van der Waals surface area contributed by atoms with Crippen molar-refractivity contribution in [1.29, 1.82) is 0 Å². The summed E-state index contributed by atoms with van der Waals surface area (Å²) in [5.41, 5.74) is 1.95. The van der Waals surface area contributed by atoms with Gasteiger partial charge in [-0.05, 0) is 25.0 Å². The molecule has 4 rings (SSSR count). The number of furan rings is 1. The minimum atomic E-state index is -0.0276. The summed E-state index contributed by atoms with van der Waals surface area (Å²) >= 11 is 0. The molecule has 1 amide bonds. The van der Waals surface area contributed by atoms with Gasteiger partial charge in [-0.1, -0.05) is 0 Å². The highest BCUT2D eigenvalue weighted by molar-refractivity contribution is 5.96. The van der Waals surface area contributed by atoms with Gasteiger partial charge in [0.1, 0.15) is 5.52 Å². The van der Waals surface area contributed by atoms with E-state index in [1.165, 1.54) is 0 Å². The molecule has 0 N–H and O–H groups in total. The van der Waals surface area contributed by atoms with Crippen molar-refractivity contribution >= 4 is 23.0 Å². The van der Waals surface area contributed by atoms with Gasteiger partial charge in [-0.25, -0.2) is 9.97 Å². The third-order valence-corrected chi connectivity index (χ3v) is 4.72. The lowest BCUT2D eigenvalue weighted by Gasteiger charge is -2.36. The highest BCUT2D eigenvalue weighted by Crippen LogP contribution is 2.21. The van der Waals surface area contributed by atoms with E-state index in [2.05, 4.69) is 19.9 Å². The van der Waals surface area contributed by atoms with Gasteiger partial charge in [0, 0.05) is 50.8 Å². The van der Waals surface area contributed by atoms with Crippen LogP contribution in [0.25, 0.3) is 11.1 Å². The molecule has 3 aromatic rings. The van der Waals surface area contributed by atoms with Gasteiger partial charge in [0.2, 0.25) is 5.95 Å². The van der Waals surface area contributed by atoms with E-state index in [1.807, 2.05) is 18.0 Å².